The highest BCUT2D eigenvalue weighted by atomic mass is 16.6. The molecule has 1 aromatic heterocycles. The van der Waals surface area contributed by atoms with Crippen LogP contribution in [0.3, 0.4) is 0 Å². The van der Waals surface area contributed by atoms with Gasteiger partial charge in [-0.1, -0.05) is 0 Å². The fourth-order valence-electron chi connectivity index (χ4n) is 3.18. The molecular formula is C19H29N3O4. The van der Waals surface area contributed by atoms with Crippen molar-refractivity contribution in [1.29, 1.82) is 0 Å². The minimum Gasteiger partial charge on any atom is -0.462 e. The second kappa shape index (κ2) is 8.01. The number of rotatable bonds is 3. The predicted octanol–water partition coefficient (Wildman–Crippen LogP) is 3.46. The molecule has 0 radical (unpaired) electrons. The maximum Gasteiger partial charge on any atom is 0.410 e. The summed E-state index contributed by atoms with van der Waals surface area (Å²) in [7, 11) is 0. The average Bonchev–Trinajstić information content (AvgIpc) is 2.53. The van der Waals surface area contributed by atoms with E-state index in [4.69, 9.17) is 9.47 Å². The van der Waals surface area contributed by atoms with Crippen LogP contribution in [0, 0.1) is 6.92 Å². The molecule has 0 N–H and O–H groups in total. The number of nitrogens with zero attached hydrogens (tertiary/aromatic N) is 3. The number of amides is 1. The van der Waals surface area contributed by atoms with Crippen LogP contribution in [0.5, 0.6) is 0 Å². The van der Waals surface area contributed by atoms with E-state index in [1.807, 2.05) is 27.7 Å². The summed E-state index contributed by atoms with van der Waals surface area (Å²) in [4.78, 5) is 35.0. The molecule has 2 rings (SSSR count). The fourth-order valence-corrected chi connectivity index (χ4v) is 3.18. The van der Waals surface area contributed by atoms with E-state index in [1.54, 1.807) is 24.9 Å². The number of aryl methyl sites for hydroxylation is 1. The molecule has 0 saturated carbocycles. The van der Waals surface area contributed by atoms with Crippen molar-refractivity contribution in [2.24, 2.45) is 0 Å². The summed E-state index contributed by atoms with van der Waals surface area (Å²) in [6, 6.07) is -0.00563. The first-order valence-corrected chi connectivity index (χ1v) is 9.12. The van der Waals surface area contributed by atoms with Crippen LogP contribution >= 0.6 is 0 Å². The van der Waals surface area contributed by atoms with Gasteiger partial charge in [-0.3, -0.25) is 0 Å². The van der Waals surface area contributed by atoms with Gasteiger partial charge in [0.2, 0.25) is 0 Å². The van der Waals surface area contributed by atoms with E-state index in [9.17, 15) is 9.59 Å². The Morgan fingerprint density at radius 1 is 1.35 bits per heavy atom. The lowest BCUT2D eigenvalue weighted by Gasteiger charge is -2.38. The van der Waals surface area contributed by atoms with E-state index in [2.05, 4.69) is 9.97 Å². The van der Waals surface area contributed by atoms with Gasteiger partial charge in [0.05, 0.1) is 17.9 Å². The van der Waals surface area contributed by atoms with E-state index in [0.29, 0.717) is 43.1 Å². The number of hydrogen-bond donors (Lipinski definition) is 0. The van der Waals surface area contributed by atoms with Crippen LogP contribution in [-0.4, -0.2) is 51.7 Å². The van der Waals surface area contributed by atoms with E-state index in [1.165, 1.54) is 0 Å². The predicted molar refractivity (Wildman–Crippen MR) is 97.1 cm³/mol. The summed E-state index contributed by atoms with van der Waals surface area (Å²) in [5, 5.41) is 0. The molecule has 0 aromatic carbocycles. The van der Waals surface area contributed by atoms with Crippen molar-refractivity contribution >= 4 is 12.1 Å². The topological polar surface area (TPSA) is 81.6 Å². The normalized spacial score (nSPS) is 20.6. The van der Waals surface area contributed by atoms with E-state index < -0.39 is 11.6 Å². The highest BCUT2D eigenvalue weighted by Crippen LogP contribution is 2.33. The number of ether oxygens (including phenoxy) is 2. The Morgan fingerprint density at radius 2 is 2.04 bits per heavy atom. The van der Waals surface area contributed by atoms with Gasteiger partial charge in [-0.25, -0.2) is 19.6 Å². The Hall–Kier alpha value is -2.18. The van der Waals surface area contributed by atoms with Crippen molar-refractivity contribution in [2.45, 2.75) is 71.9 Å². The summed E-state index contributed by atoms with van der Waals surface area (Å²) in [5.74, 6) is 0.296. The lowest BCUT2D eigenvalue weighted by atomic mass is 9.87. The minimum absolute atomic E-state index is 0.00563. The molecule has 1 aromatic rings. The Kier molecular flexibility index (Phi) is 6.21. The second-order valence-electron chi connectivity index (χ2n) is 7.68. The quantitative estimate of drug-likeness (QED) is 0.765. The standard InChI is InChI=1S/C19H29N3O4/c1-7-25-17(23)15-11-20-13(3)21-16(15)14-8-9-22(12(2)10-14)18(24)26-19(4,5)6/h11-12,14H,7-10H2,1-6H3. The molecule has 7 heteroatoms. The SMILES string of the molecule is CCOC(=O)c1cnc(C)nc1C1CCN(C(=O)OC(C)(C)C)C(C)C1. The van der Waals surface area contributed by atoms with Crippen molar-refractivity contribution in [3.8, 4) is 0 Å². The number of hydrogen-bond acceptors (Lipinski definition) is 6. The van der Waals surface area contributed by atoms with Gasteiger partial charge < -0.3 is 14.4 Å². The highest BCUT2D eigenvalue weighted by molar-refractivity contribution is 5.90. The van der Waals surface area contributed by atoms with Gasteiger partial charge in [0.25, 0.3) is 0 Å². The van der Waals surface area contributed by atoms with Crippen molar-refractivity contribution in [1.82, 2.24) is 14.9 Å². The zero-order valence-electron chi connectivity index (χ0n) is 16.5. The molecule has 1 saturated heterocycles. The molecule has 1 fully saturated rings. The Bertz CT molecular complexity index is 669. The summed E-state index contributed by atoms with van der Waals surface area (Å²) in [5.41, 5.74) is 0.612. The smallest absolute Gasteiger partial charge is 0.410 e. The number of aromatic nitrogens is 2. The molecule has 1 aliphatic heterocycles. The molecule has 1 amide bonds. The van der Waals surface area contributed by atoms with Crippen molar-refractivity contribution in [2.75, 3.05) is 13.2 Å². The number of esters is 1. The lowest BCUT2D eigenvalue weighted by Crippen LogP contribution is -2.46. The molecule has 0 spiro atoms. The summed E-state index contributed by atoms with van der Waals surface area (Å²) < 4.78 is 10.6. The zero-order chi connectivity index (χ0) is 19.5. The van der Waals surface area contributed by atoms with Crippen LogP contribution in [0.2, 0.25) is 0 Å². The Labute approximate surface area is 155 Å². The summed E-state index contributed by atoms with van der Waals surface area (Å²) in [6.45, 7) is 12.0. The van der Waals surface area contributed by atoms with Crippen LogP contribution in [0.1, 0.15) is 75.3 Å². The van der Waals surface area contributed by atoms with Crippen LogP contribution in [0.4, 0.5) is 4.79 Å². The monoisotopic (exact) mass is 363 g/mol. The van der Waals surface area contributed by atoms with Gasteiger partial charge in [-0.05, 0) is 54.4 Å². The molecule has 7 nitrogen and oxygen atoms in total. The molecule has 26 heavy (non-hydrogen) atoms. The number of carbonyl (C=O) groups excluding carboxylic acids is 2. The molecule has 144 valence electrons. The molecular weight excluding hydrogens is 334 g/mol. The third-order valence-electron chi connectivity index (χ3n) is 4.32. The highest BCUT2D eigenvalue weighted by Gasteiger charge is 2.34. The first-order chi connectivity index (χ1) is 12.1. The minimum atomic E-state index is -0.519. The molecule has 2 heterocycles. The largest absolute Gasteiger partial charge is 0.462 e. The zero-order valence-corrected chi connectivity index (χ0v) is 16.5. The third kappa shape index (κ3) is 4.93. The van der Waals surface area contributed by atoms with Gasteiger partial charge in [0, 0.05) is 24.7 Å². The number of likely N-dealkylation sites (tertiary alicyclic amines) is 1. The first-order valence-electron chi connectivity index (χ1n) is 9.12. The summed E-state index contributed by atoms with van der Waals surface area (Å²) in [6.07, 6.45) is 2.67. The van der Waals surface area contributed by atoms with Crippen LogP contribution in [0.25, 0.3) is 0 Å². The van der Waals surface area contributed by atoms with Crippen molar-refractivity contribution < 1.29 is 19.1 Å². The summed E-state index contributed by atoms with van der Waals surface area (Å²) >= 11 is 0. The van der Waals surface area contributed by atoms with E-state index in [-0.39, 0.29) is 18.1 Å². The number of carbonyl (C=O) groups is 2. The molecule has 2 unspecified atom stereocenters. The number of piperidine rings is 1. The first kappa shape index (κ1) is 20.1. The van der Waals surface area contributed by atoms with Crippen LogP contribution in [-0.2, 0) is 9.47 Å². The van der Waals surface area contributed by atoms with Gasteiger partial charge in [-0.15, -0.1) is 0 Å². The molecule has 0 bridgehead atoms. The van der Waals surface area contributed by atoms with Gasteiger partial charge in [0.15, 0.2) is 0 Å². The van der Waals surface area contributed by atoms with E-state index in [0.717, 1.165) is 0 Å². The van der Waals surface area contributed by atoms with Gasteiger partial charge in [0.1, 0.15) is 11.4 Å². The Balaban J connectivity index is 2.17. The maximum absolute atomic E-state index is 12.4. The fraction of sp³-hybridized carbons (Fsp3) is 0.684. The third-order valence-corrected chi connectivity index (χ3v) is 4.32. The Morgan fingerprint density at radius 3 is 2.62 bits per heavy atom. The second-order valence-corrected chi connectivity index (χ2v) is 7.68. The molecule has 0 aliphatic carbocycles. The van der Waals surface area contributed by atoms with Crippen LogP contribution < -0.4 is 0 Å². The lowest BCUT2D eigenvalue weighted by molar-refractivity contribution is 0.0100. The molecule has 2 atom stereocenters. The van der Waals surface area contributed by atoms with Crippen molar-refractivity contribution in [3.63, 3.8) is 0 Å². The molecule has 1 aliphatic rings. The van der Waals surface area contributed by atoms with Crippen molar-refractivity contribution in [3.05, 3.63) is 23.3 Å². The average molecular weight is 363 g/mol. The van der Waals surface area contributed by atoms with Gasteiger partial charge in [-0.2, -0.15) is 0 Å². The maximum atomic E-state index is 12.4. The van der Waals surface area contributed by atoms with Crippen LogP contribution in [0.15, 0.2) is 6.20 Å². The van der Waals surface area contributed by atoms with Gasteiger partial charge >= 0.3 is 12.1 Å². The van der Waals surface area contributed by atoms with E-state index >= 15 is 0 Å².